The number of anilines is 1. The van der Waals surface area contributed by atoms with Crippen LogP contribution in [0.4, 0.5) is 5.82 Å². The predicted octanol–water partition coefficient (Wildman–Crippen LogP) is 2.82. The molecule has 0 radical (unpaired) electrons. The Bertz CT molecular complexity index is 1340. The number of hydrogen-bond acceptors (Lipinski definition) is 8. The molecule has 0 aliphatic carbocycles. The van der Waals surface area contributed by atoms with Crippen LogP contribution in [0, 0.1) is 0 Å². The van der Waals surface area contributed by atoms with Crippen LogP contribution in [-0.4, -0.2) is 68.4 Å². The van der Waals surface area contributed by atoms with Gasteiger partial charge in [0.15, 0.2) is 5.65 Å². The second-order valence-electron chi connectivity index (χ2n) is 9.24. The van der Waals surface area contributed by atoms with Crippen molar-refractivity contribution >= 4 is 28.7 Å². The molecule has 1 aliphatic heterocycles. The number of nitrogens with zero attached hydrogens (tertiary/aromatic N) is 5. The molecule has 4 aromatic rings. The van der Waals surface area contributed by atoms with Crippen LogP contribution >= 0.6 is 11.3 Å². The molecule has 5 rings (SSSR count). The second kappa shape index (κ2) is 9.37. The molecule has 10 heteroatoms. The molecule has 35 heavy (non-hydrogen) atoms. The summed E-state index contributed by atoms with van der Waals surface area (Å²) in [5.41, 5.74) is 2.64. The van der Waals surface area contributed by atoms with E-state index in [9.17, 15) is 9.90 Å². The molecule has 1 atom stereocenters. The lowest BCUT2D eigenvalue weighted by Crippen LogP contribution is -2.60. The van der Waals surface area contributed by atoms with Gasteiger partial charge in [0, 0.05) is 37.4 Å². The zero-order chi connectivity index (χ0) is 24.6. The minimum Gasteiger partial charge on any atom is -0.386 e. The van der Waals surface area contributed by atoms with E-state index < -0.39 is 5.60 Å². The third-order valence-electron chi connectivity index (χ3n) is 6.00. The largest absolute Gasteiger partial charge is 0.386 e. The van der Waals surface area contributed by atoms with E-state index in [1.165, 1.54) is 0 Å². The summed E-state index contributed by atoms with van der Waals surface area (Å²) < 4.78 is 1.72. The molecule has 5 heterocycles. The summed E-state index contributed by atoms with van der Waals surface area (Å²) >= 11 is 1.63. The number of rotatable bonds is 8. The number of aliphatic hydroxyl groups is 1. The summed E-state index contributed by atoms with van der Waals surface area (Å²) in [7, 11) is 0. The molecular formula is C25H29N7O2S. The highest BCUT2D eigenvalue weighted by Crippen LogP contribution is 2.31. The quantitative estimate of drug-likeness (QED) is 0.348. The van der Waals surface area contributed by atoms with Crippen LogP contribution in [0.5, 0.6) is 0 Å². The number of aromatic nitrogens is 4. The Hall–Kier alpha value is -3.34. The first kappa shape index (κ1) is 23.4. The van der Waals surface area contributed by atoms with Crippen molar-refractivity contribution in [2.45, 2.75) is 32.4 Å². The van der Waals surface area contributed by atoms with E-state index in [0.717, 1.165) is 22.7 Å². The molecule has 9 nitrogen and oxygen atoms in total. The van der Waals surface area contributed by atoms with E-state index >= 15 is 0 Å². The highest BCUT2D eigenvalue weighted by molar-refractivity contribution is 7.13. The third-order valence-corrected chi connectivity index (χ3v) is 6.89. The van der Waals surface area contributed by atoms with Crippen molar-refractivity contribution in [1.29, 1.82) is 0 Å². The second-order valence-corrected chi connectivity index (χ2v) is 10.2. The first-order chi connectivity index (χ1) is 16.8. The Balaban J connectivity index is 1.52. The average Bonchev–Trinajstić information content (AvgIpc) is 3.50. The minimum atomic E-state index is -0.761. The standard InChI is InChI=1S/C25H29N7O2S/c1-4-26-16(2)12-27-24(33)17-10-20(29-22(11-17)31-14-25(3,34)15-31)18-13-28-32-8-7-19(30-23(18)32)21-6-5-9-35-21/h5-11,13,16,26,34H,4,12,14-15H2,1-3H3,(H,27,33). The Morgan fingerprint density at radius 1 is 1.26 bits per heavy atom. The molecular weight excluding hydrogens is 462 g/mol. The fourth-order valence-corrected chi connectivity index (χ4v) is 4.96. The van der Waals surface area contributed by atoms with Gasteiger partial charge < -0.3 is 20.6 Å². The Morgan fingerprint density at radius 3 is 2.80 bits per heavy atom. The van der Waals surface area contributed by atoms with Crippen LogP contribution in [0.1, 0.15) is 31.1 Å². The normalized spacial score (nSPS) is 15.7. The first-order valence-corrected chi connectivity index (χ1v) is 12.6. The number of fused-ring (bicyclic) bond motifs is 1. The van der Waals surface area contributed by atoms with Gasteiger partial charge in [-0.15, -0.1) is 11.3 Å². The van der Waals surface area contributed by atoms with Gasteiger partial charge in [-0.25, -0.2) is 14.5 Å². The molecule has 1 unspecified atom stereocenters. The van der Waals surface area contributed by atoms with Gasteiger partial charge in [-0.3, -0.25) is 4.79 Å². The van der Waals surface area contributed by atoms with Gasteiger partial charge in [0.25, 0.3) is 5.91 Å². The summed E-state index contributed by atoms with van der Waals surface area (Å²) in [5.74, 6) is 0.475. The van der Waals surface area contributed by atoms with Crippen LogP contribution in [-0.2, 0) is 0 Å². The van der Waals surface area contributed by atoms with Crippen LogP contribution in [0.3, 0.4) is 0 Å². The summed E-state index contributed by atoms with van der Waals surface area (Å²) in [6.07, 6.45) is 3.61. The molecule has 0 saturated carbocycles. The molecule has 3 N–H and O–H groups in total. The number of carbonyl (C=O) groups is 1. The zero-order valence-corrected chi connectivity index (χ0v) is 20.8. The Kier molecular flexibility index (Phi) is 6.26. The van der Waals surface area contributed by atoms with Crippen molar-refractivity contribution in [3.8, 4) is 21.8 Å². The maximum absolute atomic E-state index is 13.1. The third kappa shape index (κ3) is 4.90. The number of pyridine rings is 1. The van der Waals surface area contributed by atoms with Crippen LogP contribution in [0.15, 0.2) is 48.1 Å². The predicted molar refractivity (Wildman–Crippen MR) is 138 cm³/mol. The van der Waals surface area contributed by atoms with Gasteiger partial charge in [0.05, 0.1) is 33.6 Å². The highest BCUT2D eigenvalue weighted by Gasteiger charge is 2.37. The van der Waals surface area contributed by atoms with Crippen LogP contribution < -0.4 is 15.5 Å². The molecule has 1 fully saturated rings. The van der Waals surface area contributed by atoms with Gasteiger partial charge >= 0.3 is 0 Å². The van der Waals surface area contributed by atoms with Crippen molar-refractivity contribution in [2.75, 3.05) is 31.1 Å². The van der Waals surface area contributed by atoms with E-state index in [-0.39, 0.29) is 11.9 Å². The Labute approximate surface area is 207 Å². The molecule has 0 spiro atoms. The molecule has 0 aromatic carbocycles. The van der Waals surface area contributed by atoms with Gasteiger partial charge in [-0.2, -0.15) is 5.10 Å². The van der Waals surface area contributed by atoms with Crippen molar-refractivity contribution in [1.82, 2.24) is 30.2 Å². The van der Waals surface area contributed by atoms with E-state index in [2.05, 4.69) is 15.7 Å². The lowest BCUT2D eigenvalue weighted by molar-refractivity contribution is 0.0305. The molecule has 1 saturated heterocycles. The van der Waals surface area contributed by atoms with Crippen LogP contribution in [0.25, 0.3) is 27.5 Å². The van der Waals surface area contributed by atoms with Gasteiger partial charge in [0.2, 0.25) is 0 Å². The van der Waals surface area contributed by atoms with E-state index in [1.54, 1.807) is 41.1 Å². The molecule has 182 valence electrons. The average molecular weight is 492 g/mol. The summed E-state index contributed by atoms with van der Waals surface area (Å²) in [5, 5.41) is 23.0. The number of hydrogen-bond donors (Lipinski definition) is 3. The van der Waals surface area contributed by atoms with Crippen LogP contribution in [0.2, 0.25) is 0 Å². The van der Waals surface area contributed by atoms with Crippen molar-refractivity contribution in [3.05, 3.63) is 53.7 Å². The summed E-state index contributed by atoms with van der Waals surface area (Å²) in [4.78, 5) is 25.8. The fraction of sp³-hybridized carbons (Fsp3) is 0.360. The fourth-order valence-electron chi connectivity index (χ4n) is 4.26. The van der Waals surface area contributed by atoms with Gasteiger partial charge in [0.1, 0.15) is 5.82 Å². The summed E-state index contributed by atoms with van der Waals surface area (Å²) in [6, 6.07) is 9.69. The lowest BCUT2D eigenvalue weighted by atomic mass is 9.96. The van der Waals surface area contributed by atoms with E-state index in [4.69, 9.17) is 9.97 Å². The lowest BCUT2D eigenvalue weighted by Gasteiger charge is -2.45. The number of amides is 1. The highest BCUT2D eigenvalue weighted by atomic mass is 32.1. The topological polar surface area (TPSA) is 108 Å². The van der Waals surface area contributed by atoms with Crippen molar-refractivity contribution < 1.29 is 9.90 Å². The molecule has 1 aliphatic rings. The smallest absolute Gasteiger partial charge is 0.251 e. The maximum atomic E-state index is 13.1. The first-order valence-electron chi connectivity index (χ1n) is 11.7. The SMILES string of the molecule is CCNC(C)CNC(=O)c1cc(-c2cnn3ccc(-c4cccs4)nc23)nc(N2CC(C)(O)C2)c1. The minimum absolute atomic E-state index is 0.162. The Morgan fingerprint density at radius 2 is 2.09 bits per heavy atom. The number of thiophene rings is 1. The molecule has 4 aromatic heterocycles. The number of nitrogens with one attached hydrogen (secondary N) is 2. The summed E-state index contributed by atoms with van der Waals surface area (Å²) in [6.45, 7) is 8.13. The number of β-amino-alcohol motifs (C(OH)–C–C–N with tert-alkyl or cyclic N) is 1. The van der Waals surface area contributed by atoms with Crippen molar-refractivity contribution in [2.24, 2.45) is 0 Å². The molecule has 0 bridgehead atoms. The number of carbonyl (C=O) groups excluding carboxylic acids is 1. The van der Waals surface area contributed by atoms with Crippen molar-refractivity contribution in [3.63, 3.8) is 0 Å². The monoisotopic (exact) mass is 491 g/mol. The van der Waals surface area contributed by atoms with E-state index in [0.29, 0.717) is 42.4 Å². The number of likely N-dealkylation sites (N-methyl/N-ethyl adjacent to an activating group) is 1. The zero-order valence-electron chi connectivity index (χ0n) is 20.0. The van der Waals surface area contributed by atoms with E-state index in [1.807, 2.05) is 48.5 Å². The van der Waals surface area contributed by atoms with Gasteiger partial charge in [-0.1, -0.05) is 13.0 Å². The molecule has 1 amide bonds. The van der Waals surface area contributed by atoms with Gasteiger partial charge in [-0.05, 0) is 50.0 Å². The maximum Gasteiger partial charge on any atom is 0.251 e.